The fraction of sp³-hybridized carbons (Fsp3) is 0.500. The Morgan fingerprint density at radius 1 is 1.29 bits per heavy atom. The highest BCUT2D eigenvalue weighted by Gasteiger charge is 2.32. The zero-order valence-corrected chi connectivity index (χ0v) is 10.6. The second-order valence-electron chi connectivity index (χ2n) is 5.16. The molecule has 0 saturated carbocycles. The lowest BCUT2D eigenvalue weighted by molar-refractivity contribution is -0.0809. The highest BCUT2D eigenvalue weighted by molar-refractivity contribution is 5.13. The Morgan fingerprint density at radius 3 is 2.35 bits per heavy atom. The molecule has 3 heteroatoms. The molecule has 0 aliphatic heterocycles. The van der Waals surface area contributed by atoms with Gasteiger partial charge in [0.15, 0.2) is 6.10 Å². The highest BCUT2D eigenvalue weighted by Crippen LogP contribution is 2.25. The van der Waals surface area contributed by atoms with Crippen LogP contribution in [0.15, 0.2) is 30.3 Å². The number of hydrogen-bond donors (Lipinski definition) is 1. The summed E-state index contributed by atoms with van der Waals surface area (Å²) in [6.45, 7) is 6.25. The first-order valence-corrected chi connectivity index (χ1v) is 5.68. The number of benzene rings is 1. The Morgan fingerprint density at radius 2 is 1.88 bits per heavy atom. The first-order valence-electron chi connectivity index (χ1n) is 5.68. The van der Waals surface area contributed by atoms with E-state index < -0.39 is 12.2 Å². The molecule has 92 valence electrons. The molecule has 2 atom stereocenters. The van der Waals surface area contributed by atoms with Crippen molar-refractivity contribution in [1.29, 1.82) is 5.26 Å². The van der Waals surface area contributed by atoms with Crippen LogP contribution in [0.4, 0.5) is 0 Å². The molecular formula is C14H19NO2. The average Bonchev–Trinajstić information content (AvgIpc) is 2.28. The van der Waals surface area contributed by atoms with Gasteiger partial charge in [0.05, 0.1) is 12.7 Å². The van der Waals surface area contributed by atoms with E-state index >= 15 is 0 Å². The van der Waals surface area contributed by atoms with Crippen molar-refractivity contribution in [3.8, 4) is 6.07 Å². The van der Waals surface area contributed by atoms with E-state index in [1.807, 2.05) is 57.2 Å². The number of aliphatic hydroxyl groups excluding tert-OH is 1. The van der Waals surface area contributed by atoms with Gasteiger partial charge in [0.2, 0.25) is 0 Å². The molecule has 1 rings (SSSR count). The number of hydrogen-bond acceptors (Lipinski definition) is 3. The first kappa shape index (κ1) is 13.7. The first-order chi connectivity index (χ1) is 7.95. The third-order valence-corrected chi connectivity index (χ3v) is 2.54. The summed E-state index contributed by atoms with van der Waals surface area (Å²) in [6.07, 6.45) is -1.59. The van der Waals surface area contributed by atoms with Crippen molar-refractivity contribution in [2.24, 2.45) is 5.41 Å². The second-order valence-corrected chi connectivity index (χ2v) is 5.16. The molecular weight excluding hydrogens is 214 g/mol. The van der Waals surface area contributed by atoms with Crippen LogP contribution in [-0.4, -0.2) is 17.3 Å². The van der Waals surface area contributed by atoms with Gasteiger partial charge in [-0.3, -0.25) is 0 Å². The Balaban J connectivity index is 2.66. The van der Waals surface area contributed by atoms with Crippen molar-refractivity contribution in [1.82, 2.24) is 0 Å². The summed E-state index contributed by atoms with van der Waals surface area (Å²) in [7, 11) is 0. The number of rotatable bonds is 4. The third kappa shape index (κ3) is 4.18. The summed E-state index contributed by atoms with van der Waals surface area (Å²) in [5.41, 5.74) is 0.760. The van der Waals surface area contributed by atoms with Crippen LogP contribution in [0, 0.1) is 16.7 Å². The lowest BCUT2D eigenvalue weighted by atomic mass is 9.86. The molecule has 0 aliphatic carbocycles. The average molecular weight is 233 g/mol. The smallest absolute Gasteiger partial charge is 0.167 e. The fourth-order valence-corrected chi connectivity index (χ4v) is 1.64. The molecule has 0 bridgehead atoms. The van der Waals surface area contributed by atoms with Crippen LogP contribution in [0.3, 0.4) is 0 Å². The van der Waals surface area contributed by atoms with Gasteiger partial charge in [-0.05, 0) is 11.0 Å². The molecule has 1 aromatic rings. The molecule has 0 radical (unpaired) electrons. The van der Waals surface area contributed by atoms with Crippen LogP contribution in [0.25, 0.3) is 0 Å². The van der Waals surface area contributed by atoms with E-state index in [9.17, 15) is 5.11 Å². The minimum atomic E-state index is -1.10. The molecule has 1 aromatic carbocycles. The zero-order chi connectivity index (χ0) is 12.9. The molecule has 0 aliphatic rings. The Kier molecular flexibility index (Phi) is 4.68. The summed E-state index contributed by atoms with van der Waals surface area (Å²) < 4.78 is 5.67. The van der Waals surface area contributed by atoms with E-state index in [0.29, 0.717) is 6.61 Å². The van der Waals surface area contributed by atoms with E-state index in [1.54, 1.807) is 0 Å². The molecule has 3 nitrogen and oxygen atoms in total. The number of nitriles is 1. The summed E-state index contributed by atoms with van der Waals surface area (Å²) >= 11 is 0. The van der Waals surface area contributed by atoms with E-state index in [1.165, 1.54) is 0 Å². The summed E-state index contributed by atoms with van der Waals surface area (Å²) in [6, 6.07) is 11.6. The van der Waals surface area contributed by atoms with E-state index in [4.69, 9.17) is 10.00 Å². The van der Waals surface area contributed by atoms with Gasteiger partial charge in [0.25, 0.3) is 0 Å². The van der Waals surface area contributed by atoms with Gasteiger partial charge in [-0.25, -0.2) is 0 Å². The molecule has 0 saturated heterocycles. The van der Waals surface area contributed by atoms with Crippen LogP contribution in [-0.2, 0) is 11.3 Å². The molecule has 0 unspecified atom stereocenters. The Labute approximate surface area is 103 Å². The van der Waals surface area contributed by atoms with E-state index in [0.717, 1.165) is 5.56 Å². The molecule has 0 aromatic heterocycles. The minimum absolute atomic E-state index is 0.274. The predicted molar refractivity (Wildman–Crippen MR) is 66.1 cm³/mol. The summed E-state index contributed by atoms with van der Waals surface area (Å²) in [4.78, 5) is 0. The van der Waals surface area contributed by atoms with Gasteiger partial charge in [-0.15, -0.1) is 0 Å². The largest absolute Gasteiger partial charge is 0.375 e. The molecule has 0 heterocycles. The Bertz CT molecular complexity index is 375. The zero-order valence-electron chi connectivity index (χ0n) is 10.6. The van der Waals surface area contributed by atoms with Crippen LogP contribution < -0.4 is 0 Å². The van der Waals surface area contributed by atoms with Crippen molar-refractivity contribution < 1.29 is 9.84 Å². The lowest BCUT2D eigenvalue weighted by Gasteiger charge is -2.31. The molecule has 1 N–H and O–H groups in total. The summed E-state index contributed by atoms with van der Waals surface area (Å²) in [5, 5.41) is 18.4. The highest BCUT2D eigenvalue weighted by atomic mass is 16.5. The van der Waals surface area contributed by atoms with Gasteiger partial charge >= 0.3 is 0 Å². The monoisotopic (exact) mass is 233 g/mol. The molecule has 0 amide bonds. The number of ether oxygens (including phenoxy) is 1. The Hall–Kier alpha value is -1.37. The van der Waals surface area contributed by atoms with Gasteiger partial charge in [0.1, 0.15) is 6.10 Å². The maximum atomic E-state index is 9.65. The van der Waals surface area contributed by atoms with Crippen LogP contribution in [0.2, 0.25) is 0 Å². The normalized spacial score (nSPS) is 15.0. The van der Waals surface area contributed by atoms with Gasteiger partial charge < -0.3 is 9.84 Å². The van der Waals surface area contributed by atoms with Gasteiger partial charge in [-0.2, -0.15) is 5.26 Å². The van der Waals surface area contributed by atoms with Crippen LogP contribution in [0.5, 0.6) is 0 Å². The van der Waals surface area contributed by atoms with Crippen LogP contribution in [0.1, 0.15) is 26.3 Å². The molecule has 17 heavy (non-hydrogen) atoms. The second kappa shape index (κ2) is 5.81. The van der Waals surface area contributed by atoms with Crippen molar-refractivity contribution in [2.75, 3.05) is 0 Å². The lowest BCUT2D eigenvalue weighted by Crippen LogP contribution is -2.39. The van der Waals surface area contributed by atoms with Crippen molar-refractivity contribution in [2.45, 2.75) is 39.6 Å². The minimum Gasteiger partial charge on any atom is -0.375 e. The standard InChI is InChI=1S/C14H19NO2/c1-14(2,3)13(12(16)9-15)17-10-11-7-5-4-6-8-11/h4-8,12-13,16H,10H2,1-3H3/t12-,13-/m0/s1. The maximum absolute atomic E-state index is 9.65. The third-order valence-electron chi connectivity index (χ3n) is 2.54. The molecule has 0 fully saturated rings. The van der Waals surface area contributed by atoms with Gasteiger partial charge in [0, 0.05) is 0 Å². The fourth-order valence-electron chi connectivity index (χ4n) is 1.64. The topological polar surface area (TPSA) is 53.2 Å². The van der Waals surface area contributed by atoms with E-state index in [-0.39, 0.29) is 5.41 Å². The van der Waals surface area contributed by atoms with Crippen molar-refractivity contribution in [3.63, 3.8) is 0 Å². The SMILES string of the molecule is CC(C)(C)[C@@H](OCc1ccccc1)[C@@H](O)C#N. The molecule has 0 spiro atoms. The quantitative estimate of drug-likeness (QED) is 0.813. The predicted octanol–water partition coefficient (Wildman–Crippen LogP) is 2.50. The van der Waals surface area contributed by atoms with Gasteiger partial charge in [-0.1, -0.05) is 51.1 Å². The van der Waals surface area contributed by atoms with E-state index in [2.05, 4.69) is 0 Å². The van der Waals surface area contributed by atoms with Crippen LogP contribution >= 0.6 is 0 Å². The number of aliphatic hydroxyl groups is 1. The maximum Gasteiger partial charge on any atom is 0.167 e. The van der Waals surface area contributed by atoms with Crippen molar-refractivity contribution >= 4 is 0 Å². The van der Waals surface area contributed by atoms with Crippen molar-refractivity contribution in [3.05, 3.63) is 35.9 Å². The number of nitrogens with zero attached hydrogens (tertiary/aromatic N) is 1. The summed E-state index contributed by atoms with van der Waals surface area (Å²) in [5.74, 6) is 0.